The molecule has 0 spiro atoms. The average Bonchev–Trinajstić information content (AvgIpc) is 2.94. The third kappa shape index (κ3) is 3.88. The summed E-state index contributed by atoms with van der Waals surface area (Å²) in [5.74, 6) is -0.607. The number of aliphatic hydroxyl groups excluding tert-OH is 1. The molecule has 1 heterocycles. The zero-order chi connectivity index (χ0) is 15.4. The molecule has 2 aromatic rings. The minimum absolute atomic E-state index is 0.0714. The van der Waals surface area contributed by atoms with Gasteiger partial charge in [-0.15, -0.1) is 0 Å². The van der Waals surface area contributed by atoms with Gasteiger partial charge in [-0.25, -0.2) is 9.07 Å². The van der Waals surface area contributed by atoms with Crippen molar-refractivity contribution in [3.8, 4) is 5.69 Å². The number of hydrogen-bond donors (Lipinski definition) is 2. The van der Waals surface area contributed by atoms with E-state index in [0.717, 1.165) is 0 Å². The second kappa shape index (κ2) is 6.49. The Morgan fingerprint density at radius 2 is 2.00 bits per heavy atom. The van der Waals surface area contributed by atoms with Crippen LogP contribution in [0.4, 0.5) is 4.39 Å². The van der Waals surface area contributed by atoms with Crippen molar-refractivity contribution in [2.75, 3.05) is 6.54 Å². The third-order valence-electron chi connectivity index (χ3n) is 3.15. The van der Waals surface area contributed by atoms with E-state index in [-0.39, 0.29) is 29.9 Å². The fourth-order valence-corrected chi connectivity index (χ4v) is 1.71. The first-order valence-electron chi connectivity index (χ1n) is 6.75. The van der Waals surface area contributed by atoms with E-state index in [4.69, 9.17) is 0 Å². The van der Waals surface area contributed by atoms with E-state index in [1.807, 2.05) is 13.8 Å². The van der Waals surface area contributed by atoms with Crippen LogP contribution in [0.25, 0.3) is 5.69 Å². The van der Waals surface area contributed by atoms with E-state index in [0.29, 0.717) is 5.69 Å². The second-order valence-corrected chi connectivity index (χ2v) is 5.14. The number of carbonyl (C=O) groups is 1. The van der Waals surface area contributed by atoms with E-state index >= 15 is 0 Å². The zero-order valence-corrected chi connectivity index (χ0v) is 12.0. The molecule has 1 aromatic carbocycles. The zero-order valence-electron chi connectivity index (χ0n) is 12.0. The Hall–Kier alpha value is -2.21. The van der Waals surface area contributed by atoms with E-state index in [1.54, 1.807) is 24.4 Å². The van der Waals surface area contributed by atoms with Crippen LogP contribution in [-0.2, 0) is 0 Å². The Morgan fingerprint density at radius 1 is 1.33 bits per heavy atom. The molecule has 0 aliphatic rings. The first-order chi connectivity index (χ1) is 9.97. The van der Waals surface area contributed by atoms with Gasteiger partial charge < -0.3 is 10.4 Å². The average molecular weight is 291 g/mol. The van der Waals surface area contributed by atoms with Gasteiger partial charge in [0.05, 0.1) is 11.8 Å². The van der Waals surface area contributed by atoms with Gasteiger partial charge in [0.15, 0.2) is 5.69 Å². The normalized spacial score (nSPS) is 12.4. The molecule has 2 rings (SSSR count). The molecule has 1 atom stereocenters. The predicted molar refractivity (Wildman–Crippen MR) is 76.7 cm³/mol. The summed E-state index contributed by atoms with van der Waals surface area (Å²) in [7, 11) is 0. The van der Waals surface area contributed by atoms with E-state index in [9.17, 15) is 14.3 Å². The number of aliphatic hydroxyl groups is 1. The number of halogens is 1. The highest BCUT2D eigenvalue weighted by Gasteiger charge is 2.14. The molecule has 0 fully saturated rings. The molecular formula is C15H18FN3O2. The Bertz CT molecular complexity index is 608. The van der Waals surface area contributed by atoms with Gasteiger partial charge in [0.25, 0.3) is 5.91 Å². The molecule has 1 unspecified atom stereocenters. The standard InChI is InChI=1S/C15H18FN3O2/c1-10(2)14(20)9-17-15(21)13-7-8-19(18-13)12-5-3-11(16)4-6-12/h3-8,10,14,20H,9H2,1-2H3,(H,17,21). The fraction of sp³-hybridized carbons (Fsp3) is 0.333. The van der Waals surface area contributed by atoms with Gasteiger partial charge >= 0.3 is 0 Å². The Balaban J connectivity index is 2.02. The van der Waals surface area contributed by atoms with Crippen molar-refractivity contribution in [1.82, 2.24) is 15.1 Å². The van der Waals surface area contributed by atoms with Gasteiger partial charge in [-0.05, 0) is 36.2 Å². The molecule has 0 aliphatic heterocycles. The quantitative estimate of drug-likeness (QED) is 0.882. The maximum atomic E-state index is 12.9. The molecule has 0 bridgehead atoms. The summed E-state index contributed by atoms with van der Waals surface area (Å²) in [5, 5.41) is 16.4. The smallest absolute Gasteiger partial charge is 0.271 e. The van der Waals surface area contributed by atoms with Crippen molar-refractivity contribution in [1.29, 1.82) is 0 Å². The van der Waals surface area contributed by atoms with Crippen molar-refractivity contribution in [2.45, 2.75) is 20.0 Å². The number of benzene rings is 1. The Kier molecular flexibility index (Phi) is 4.70. The van der Waals surface area contributed by atoms with Gasteiger partial charge in [0.2, 0.25) is 0 Å². The molecule has 6 heteroatoms. The second-order valence-electron chi connectivity index (χ2n) is 5.14. The fourth-order valence-electron chi connectivity index (χ4n) is 1.71. The Labute approximate surface area is 122 Å². The Morgan fingerprint density at radius 3 is 2.62 bits per heavy atom. The molecule has 5 nitrogen and oxygen atoms in total. The van der Waals surface area contributed by atoms with Crippen LogP contribution in [0.3, 0.4) is 0 Å². The van der Waals surface area contributed by atoms with Gasteiger partial charge in [-0.2, -0.15) is 5.10 Å². The monoisotopic (exact) mass is 291 g/mol. The van der Waals surface area contributed by atoms with Gasteiger partial charge in [-0.3, -0.25) is 4.79 Å². The highest BCUT2D eigenvalue weighted by atomic mass is 19.1. The van der Waals surface area contributed by atoms with Gasteiger partial charge in [0.1, 0.15) is 5.82 Å². The van der Waals surface area contributed by atoms with Gasteiger partial charge in [-0.1, -0.05) is 13.8 Å². The number of rotatable bonds is 5. The molecule has 2 N–H and O–H groups in total. The molecule has 0 saturated heterocycles. The predicted octanol–water partition coefficient (Wildman–Crippen LogP) is 1.76. The van der Waals surface area contributed by atoms with Crippen LogP contribution in [0.1, 0.15) is 24.3 Å². The van der Waals surface area contributed by atoms with Crippen LogP contribution in [-0.4, -0.2) is 33.4 Å². The molecule has 0 radical (unpaired) electrons. The van der Waals surface area contributed by atoms with Crippen LogP contribution in [0.2, 0.25) is 0 Å². The SMILES string of the molecule is CC(C)C(O)CNC(=O)c1ccn(-c2ccc(F)cc2)n1. The summed E-state index contributed by atoms with van der Waals surface area (Å²) >= 11 is 0. The maximum absolute atomic E-state index is 12.9. The molecule has 21 heavy (non-hydrogen) atoms. The summed E-state index contributed by atoms with van der Waals surface area (Å²) in [4.78, 5) is 11.9. The molecule has 1 amide bonds. The van der Waals surface area contributed by atoms with Crippen molar-refractivity contribution in [3.63, 3.8) is 0 Å². The van der Waals surface area contributed by atoms with Gasteiger partial charge in [0, 0.05) is 12.7 Å². The van der Waals surface area contributed by atoms with Crippen LogP contribution in [0, 0.1) is 11.7 Å². The lowest BCUT2D eigenvalue weighted by Gasteiger charge is -2.14. The summed E-state index contributed by atoms with van der Waals surface area (Å²) in [6.07, 6.45) is 1.04. The van der Waals surface area contributed by atoms with Crippen LogP contribution < -0.4 is 5.32 Å². The molecule has 0 aliphatic carbocycles. The topological polar surface area (TPSA) is 67.2 Å². The number of aromatic nitrogens is 2. The number of nitrogens with one attached hydrogen (secondary N) is 1. The van der Waals surface area contributed by atoms with Crippen molar-refractivity contribution >= 4 is 5.91 Å². The molecule has 112 valence electrons. The van der Waals surface area contributed by atoms with Crippen molar-refractivity contribution in [2.24, 2.45) is 5.92 Å². The van der Waals surface area contributed by atoms with E-state index < -0.39 is 6.10 Å². The van der Waals surface area contributed by atoms with Crippen LogP contribution in [0.5, 0.6) is 0 Å². The molecule has 0 saturated carbocycles. The minimum atomic E-state index is -0.590. The largest absolute Gasteiger partial charge is 0.391 e. The minimum Gasteiger partial charge on any atom is -0.391 e. The summed E-state index contributed by atoms with van der Waals surface area (Å²) in [5.41, 5.74) is 0.910. The lowest BCUT2D eigenvalue weighted by Crippen LogP contribution is -2.34. The number of carbonyl (C=O) groups excluding carboxylic acids is 1. The third-order valence-corrected chi connectivity index (χ3v) is 3.15. The van der Waals surface area contributed by atoms with E-state index in [2.05, 4.69) is 10.4 Å². The lowest BCUT2D eigenvalue weighted by atomic mass is 10.1. The van der Waals surface area contributed by atoms with Crippen LogP contribution >= 0.6 is 0 Å². The highest BCUT2D eigenvalue weighted by Crippen LogP contribution is 2.09. The van der Waals surface area contributed by atoms with Crippen molar-refractivity contribution in [3.05, 3.63) is 48.0 Å². The molecule has 1 aromatic heterocycles. The van der Waals surface area contributed by atoms with Crippen LogP contribution in [0.15, 0.2) is 36.5 Å². The van der Waals surface area contributed by atoms with Crippen molar-refractivity contribution < 1.29 is 14.3 Å². The molecular weight excluding hydrogens is 273 g/mol. The number of amides is 1. The summed E-state index contributed by atoms with van der Waals surface area (Å²) in [6, 6.07) is 7.38. The first-order valence-corrected chi connectivity index (χ1v) is 6.75. The number of nitrogens with zero attached hydrogens (tertiary/aromatic N) is 2. The lowest BCUT2D eigenvalue weighted by molar-refractivity contribution is 0.0866. The number of hydrogen-bond acceptors (Lipinski definition) is 3. The highest BCUT2D eigenvalue weighted by molar-refractivity contribution is 5.92. The maximum Gasteiger partial charge on any atom is 0.271 e. The first kappa shape index (κ1) is 15.2. The summed E-state index contributed by atoms with van der Waals surface area (Å²) < 4.78 is 14.4. The van der Waals surface area contributed by atoms with E-state index in [1.165, 1.54) is 16.8 Å². The summed E-state index contributed by atoms with van der Waals surface area (Å²) in [6.45, 7) is 3.93.